The van der Waals surface area contributed by atoms with Gasteiger partial charge in [0.15, 0.2) is 5.96 Å². The predicted octanol–water partition coefficient (Wildman–Crippen LogP) is 1.63. The highest BCUT2D eigenvalue weighted by molar-refractivity contribution is 6.66. The van der Waals surface area contributed by atoms with Crippen molar-refractivity contribution in [3.8, 4) is 11.5 Å². The first kappa shape index (κ1) is 41.8. The quantitative estimate of drug-likeness (QED) is 0.0382. The van der Waals surface area contributed by atoms with E-state index in [1.165, 1.54) is 13.6 Å². The second kappa shape index (κ2) is 21.7. The number of unbranched alkanes of at least 4 members (excludes halogenated alkanes) is 2. The van der Waals surface area contributed by atoms with Crippen LogP contribution in [-0.2, 0) is 4.79 Å². The van der Waals surface area contributed by atoms with Gasteiger partial charge < -0.3 is 60.4 Å². The lowest BCUT2D eigenvalue weighted by molar-refractivity contribution is 0.296. The van der Waals surface area contributed by atoms with Gasteiger partial charge in [-0.1, -0.05) is 23.2 Å². The van der Waals surface area contributed by atoms with E-state index in [4.69, 9.17) is 44.1 Å². The molecule has 14 nitrogen and oxygen atoms in total. The smallest absolute Gasteiger partial charge is 0.431 e. The third kappa shape index (κ3) is 14.6. The molecule has 49 heavy (non-hydrogen) atoms. The van der Waals surface area contributed by atoms with Crippen molar-refractivity contribution < 1.29 is 34.4 Å². The van der Waals surface area contributed by atoms with Gasteiger partial charge in [0.1, 0.15) is 29.4 Å². The Labute approximate surface area is 300 Å². The van der Waals surface area contributed by atoms with Crippen LogP contribution < -0.4 is 20.9 Å². The number of carbonyl (C=O) groups is 1. The Morgan fingerprint density at radius 3 is 1.61 bits per heavy atom. The maximum atomic E-state index is 10.7. The van der Waals surface area contributed by atoms with Crippen molar-refractivity contribution in [1.82, 2.24) is 9.62 Å². The van der Waals surface area contributed by atoms with E-state index < -0.39 is 28.2 Å². The summed E-state index contributed by atoms with van der Waals surface area (Å²) in [6.45, 7) is 7.54. The van der Waals surface area contributed by atoms with E-state index in [1.54, 1.807) is 59.7 Å². The summed E-state index contributed by atoms with van der Waals surface area (Å²) in [7, 11) is -2.92. The molecule has 0 aliphatic rings. The maximum Gasteiger partial charge on any atom is 0.431 e. The molecule has 2 aromatic carbocycles. The van der Waals surface area contributed by atoms with Gasteiger partial charge in [-0.05, 0) is 89.4 Å². The fourth-order valence-electron chi connectivity index (χ4n) is 4.54. The zero-order chi connectivity index (χ0) is 36.5. The van der Waals surface area contributed by atoms with E-state index in [2.05, 4.69) is 14.7 Å². The van der Waals surface area contributed by atoms with Crippen molar-refractivity contribution in [1.29, 1.82) is 0 Å². The first-order valence-corrected chi connectivity index (χ1v) is 16.6. The molecule has 0 aliphatic heterocycles. The minimum Gasteiger partial charge on any atom is -0.492 e. The second-order valence-electron chi connectivity index (χ2n) is 11.1. The minimum atomic E-state index is -1.09. The predicted molar refractivity (Wildman–Crippen MR) is 203 cm³/mol. The van der Waals surface area contributed by atoms with E-state index >= 15 is 0 Å². The Balaban J connectivity index is 1.97. The average Bonchev–Trinajstić information content (AvgIpc) is 3.02. The lowest BCUT2D eigenvalue weighted by Crippen LogP contribution is -2.56. The van der Waals surface area contributed by atoms with E-state index in [9.17, 15) is 24.9 Å². The Morgan fingerprint density at radius 2 is 1.22 bits per heavy atom. The Morgan fingerprint density at radius 1 is 0.776 bits per heavy atom. The molecule has 2 aromatic rings. The summed E-state index contributed by atoms with van der Waals surface area (Å²) in [6, 6.07) is 9.94. The molecule has 0 unspecified atom stereocenters. The van der Waals surface area contributed by atoms with E-state index in [-0.39, 0.29) is 17.6 Å². The van der Waals surface area contributed by atoms with E-state index in [0.717, 1.165) is 7.41 Å². The van der Waals surface area contributed by atoms with Gasteiger partial charge in [0.25, 0.3) is 0 Å². The number of carbonyl (C=O) groups excluding carboxylic acids is 1. The molecular formula is C28H43B5Cl2N7O7. The molecule has 0 atom stereocenters. The molecule has 0 aliphatic carbocycles. The van der Waals surface area contributed by atoms with Crippen molar-refractivity contribution in [2.75, 3.05) is 26.3 Å². The van der Waals surface area contributed by atoms with Gasteiger partial charge in [-0.25, -0.2) is 0 Å². The standard InChI is InChI=1S/C28H43B5Cl2N7O7/c1-30(44)39-27(37)21-10-12-25(23(35)18-21)49-16-8-6-14-42(33(4)47)28(40-31(2)45)41(32(3)46)13-5-7-15-48-24-11-9-20(17-22(24)34)26(36)38-29-19-43/h9-12,17-19,44-47H,5-8,13-16H2,1-4H3,(H2,36,38)(H2,37,39). The molecular weight excluding hydrogens is 671 g/mol. The number of amidine groups is 2. The van der Waals surface area contributed by atoms with Crippen LogP contribution >= 0.6 is 23.2 Å². The number of rotatable bonds is 20. The number of hydrogen-bond acceptors (Lipinski definition) is 10. The highest BCUT2D eigenvalue weighted by Gasteiger charge is 2.29. The van der Waals surface area contributed by atoms with Crippen LogP contribution in [0.2, 0.25) is 37.3 Å². The zero-order valence-corrected chi connectivity index (χ0v) is 29.8. The van der Waals surface area contributed by atoms with Gasteiger partial charge in [0.2, 0.25) is 0 Å². The third-order valence-corrected chi connectivity index (χ3v) is 7.47. The molecule has 0 spiro atoms. The number of ether oxygens (including phenoxy) is 2. The zero-order valence-electron chi connectivity index (χ0n) is 28.2. The van der Waals surface area contributed by atoms with Crippen LogP contribution in [0.1, 0.15) is 36.8 Å². The molecule has 1 radical (unpaired) electrons. The van der Waals surface area contributed by atoms with Crippen LogP contribution in [0, 0.1) is 0 Å². The van der Waals surface area contributed by atoms with E-state index in [1.807, 2.05) is 0 Å². The van der Waals surface area contributed by atoms with Crippen LogP contribution in [-0.4, -0.2) is 115 Å². The molecule has 0 fully saturated rings. The molecule has 0 saturated carbocycles. The van der Waals surface area contributed by atoms with Gasteiger partial charge in [0.05, 0.1) is 23.3 Å². The molecule has 0 heterocycles. The Kier molecular flexibility index (Phi) is 18.5. The summed E-state index contributed by atoms with van der Waals surface area (Å²) in [5, 5.41) is 41.6. The van der Waals surface area contributed by atoms with Crippen molar-refractivity contribution in [2.45, 2.75) is 53.0 Å². The molecule has 2 rings (SSSR count). The summed E-state index contributed by atoms with van der Waals surface area (Å²) < 4.78 is 11.7. The lowest BCUT2D eigenvalue weighted by atomic mass is 9.80. The lowest BCUT2D eigenvalue weighted by Gasteiger charge is -2.37. The normalized spacial score (nSPS) is 11.9. The number of benzene rings is 2. The molecule has 261 valence electrons. The van der Waals surface area contributed by atoms with Crippen molar-refractivity contribution in [3.63, 3.8) is 0 Å². The summed E-state index contributed by atoms with van der Waals surface area (Å²) in [5.74, 6) is 1.48. The summed E-state index contributed by atoms with van der Waals surface area (Å²) >= 11 is 12.7. The molecule has 0 amide bonds. The number of nitrogens with two attached hydrogens (primary N) is 2. The van der Waals surface area contributed by atoms with Crippen LogP contribution in [0.4, 0.5) is 0 Å². The minimum absolute atomic E-state index is 0.145. The van der Waals surface area contributed by atoms with Crippen molar-refractivity contribution in [3.05, 3.63) is 57.6 Å². The first-order chi connectivity index (χ1) is 23.2. The topological polar surface area (TPSA) is 212 Å². The van der Waals surface area contributed by atoms with Gasteiger partial charge >= 0.3 is 35.6 Å². The van der Waals surface area contributed by atoms with Crippen LogP contribution in [0.25, 0.3) is 0 Å². The van der Waals surface area contributed by atoms with E-state index in [0.29, 0.717) is 90.8 Å². The molecule has 8 N–H and O–H groups in total. The van der Waals surface area contributed by atoms with Gasteiger partial charge in [-0.15, -0.1) is 0 Å². The highest BCUT2D eigenvalue weighted by atomic mass is 35.5. The summed E-state index contributed by atoms with van der Waals surface area (Å²) in [5.41, 5.74) is 12.8. The Bertz CT molecular complexity index is 1440. The van der Waals surface area contributed by atoms with Gasteiger partial charge in [0, 0.05) is 24.2 Å². The second-order valence-corrected chi connectivity index (χ2v) is 11.9. The van der Waals surface area contributed by atoms with Crippen LogP contribution in [0.5, 0.6) is 11.5 Å². The number of hydrogen-bond donors (Lipinski definition) is 6. The number of guanidine groups is 1. The SMILES string of the molecule is CB(O)N=C(N)c1ccc(OCCCCN(B(C)O)C(=NB(C)O)N(CCCCOc2ccc(C(N)=N[B]C=O)cc2Cl)B(C)O)c(Cl)c1. The fraction of sp³-hybridized carbons (Fsp3) is 0.429. The number of halogens is 2. The van der Waals surface area contributed by atoms with Gasteiger partial charge in [-0.2, -0.15) is 0 Å². The molecule has 21 heteroatoms. The molecule has 0 saturated heterocycles. The first-order valence-electron chi connectivity index (χ1n) is 15.9. The average molecular weight is 715 g/mol. The largest absolute Gasteiger partial charge is 0.492 e. The van der Waals surface area contributed by atoms with Gasteiger partial charge in [-0.3, -0.25) is 9.81 Å². The number of nitrogens with zero attached hydrogens (tertiary/aromatic N) is 5. The monoisotopic (exact) mass is 714 g/mol. The maximum absolute atomic E-state index is 10.7. The van der Waals surface area contributed by atoms with Crippen molar-refractivity contribution >= 4 is 82.6 Å². The summed E-state index contributed by atoms with van der Waals surface area (Å²) in [4.78, 5) is 25.8. The highest BCUT2D eigenvalue weighted by Crippen LogP contribution is 2.27. The van der Waals surface area contributed by atoms with Crippen molar-refractivity contribution in [2.24, 2.45) is 26.2 Å². The fourth-order valence-corrected chi connectivity index (χ4v) is 5.01. The third-order valence-electron chi connectivity index (χ3n) is 6.88. The Hall–Kier alpha value is -3.34. The molecule has 0 aromatic heterocycles. The molecule has 0 bridgehead atoms. The summed E-state index contributed by atoms with van der Waals surface area (Å²) in [6.07, 6.45) is 2.89. The van der Waals surface area contributed by atoms with Crippen LogP contribution in [0.3, 0.4) is 0 Å². The van der Waals surface area contributed by atoms with Crippen LogP contribution in [0.15, 0.2) is 51.1 Å².